The lowest BCUT2D eigenvalue weighted by molar-refractivity contribution is -0.317. The lowest BCUT2D eigenvalue weighted by Gasteiger charge is -2.48. The average Bonchev–Trinajstić information content (AvgIpc) is 3.20. The highest BCUT2D eigenvalue weighted by Gasteiger charge is 2.51. The van der Waals surface area contributed by atoms with E-state index in [4.69, 9.17) is 28.4 Å². The van der Waals surface area contributed by atoms with E-state index in [1.807, 2.05) is 94.4 Å². The molecule has 15 atom stereocenters. The molecule has 14 nitrogen and oxygen atoms in total. The molecular weight excluding hydrogens is 771 g/mol. The Balaban J connectivity index is 1.48. The summed E-state index contributed by atoms with van der Waals surface area (Å²) in [6.07, 6.45) is -5.76. The highest BCUT2D eigenvalue weighted by Crippen LogP contribution is 2.39. The van der Waals surface area contributed by atoms with Crippen LogP contribution < -0.4 is 10.1 Å². The van der Waals surface area contributed by atoms with Crippen molar-refractivity contribution < 1.29 is 53.3 Å². The van der Waals surface area contributed by atoms with Gasteiger partial charge in [0.05, 0.1) is 41.5 Å². The van der Waals surface area contributed by atoms with E-state index in [1.54, 1.807) is 39.6 Å². The van der Waals surface area contributed by atoms with Gasteiger partial charge in [0, 0.05) is 45.5 Å². The number of aliphatic hydroxyl groups excluding tert-OH is 2. The standard InChI is InChI=1S/C46H71N3O11/c1-27-23-45(6,54)41(60-44-38(50)36(48(8)9)21-28(2)57-44)29(3)39(59-37-24-46(7,55-11)40(51)31(5)58-37)30(4)42(52)47-35(43(53)49(10)25-27)22-32-17-19-34(20-18-32)56-26-33-15-13-12-14-16-33/h12-20,27-31,35-41,44,50-51,54H,21-26H2,1-11H3,(H,47,52)/t27-,28-,29+,30-,31?,35+,36?,37+,38-,39?,40+,41-,44?,45-,46?/m1/s1. The molecule has 3 aliphatic heterocycles. The molecule has 3 aliphatic rings. The van der Waals surface area contributed by atoms with Gasteiger partial charge in [-0.1, -0.05) is 63.2 Å². The van der Waals surface area contributed by atoms with Gasteiger partial charge in [-0.3, -0.25) is 9.59 Å². The Bertz CT molecular complexity index is 1680. The Morgan fingerprint density at radius 1 is 0.917 bits per heavy atom. The van der Waals surface area contributed by atoms with Crippen LogP contribution in [0.1, 0.15) is 78.9 Å². The highest BCUT2D eigenvalue weighted by atomic mass is 16.7. The van der Waals surface area contributed by atoms with Gasteiger partial charge in [0.25, 0.3) is 0 Å². The van der Waals surface area contributed by atoms with Crippen LogP contribution in [0.3, 0.4) is 0 Å². The van der Waals surface area contributed by atoms with Crippen LogP contribution in [0.25, 0.3) is 0 Å². The molecule has 14 heteroatoms. The van der Waals surface area contributed by atoms with Crippen LogP contribution in [-0.2, 0) is 46.3 Å². The SMILES string of the molecule is COC1(C)C[C@H](OC2[C@@H](C)C(=O)N[C@@H](Cc3ccc(OCc4ccccc4)cc3)C(=O)N(C)C[C@H](C)C[C@@](C)(O)[C@H](OC3O[C@H](C)CC(N(C)C)[C@H]3O)[C@H]2C)OC(C)[C@@H]1O. The van der Waals surface area contributed by atoms with Crippen molar-refractivity contribution in [3.05, 3.63) is 65.7 Å². The molecule has 0 bridgehead atoms. The molecule has 5 unspecified atom stereocenters. The van der Waals surface area contributed by atoms with Crippen LogP contribution >= 0.6 is 0 Å². The fraction of sp³-hybridized carbons (Fsp3) is 0.696. The lowest BCUT2D eigenvalue weighted by atomic mass is 9.77. The van der Waals surface area contributed by atoms with Crippen LogP contribution in [0.15, 0.2) is 54.6 Å². The summed E-state index contributed by atoms with van der Waals surface area (Å²) in [5, 5.41) is 38.2. The average molecular weight is 842 g/mol. The number of ether oxygens (including phenoxy) is 6. The number of hydrogen-bond donors (Lipinski definition) is 4. The molecule has 3 fully saturated rings. The van der Waals surface area contributed by atoms with E-state index in [-0.39, 0.29) is 49.8 Å². The first-order valence-corrected chi connectivity index (χ1v) is 21.5. The smallest absolute Gasteiger partial charge is 0.245 e. The van der Waals surface area contributed by atoms with Gasteiger partial charge in [0.15, 0.2) is 12.6 Å². The van der Waals surface area contributed by atoms with Crippen molar-refractivity contribution in [1.29, 1.82) is 0 Å². The van der Waals surface area contributed by atoms with Crippen LogP contribution in [0.5, 0.6) is 5.75 Å². The molecule has 2 aromatic rings. The lowest BCUT2D eigenvalue weighted by Crippen LogP contribution is -2.60. The van der Waals surface area contributed by atoms with E-state index in [1.165, 1.54) is 7.11 Å². The third-order valence-electron chi connectivity index (χ3n) is 12.8. The van der Waals surface area contributed by atoms with E-state index in [0.29, 0.717) is 18.8 Å². The molecule has 60 heavy (non-hydrogen) atoms. The number of carbonyl (C=O) groups is 2. The number of nitrogens with one attached hydrogen (secondary N) is 1. The van der Waals surface area contributed by atoms with Crippen LogP contribution in [0.4, 0.5) is 0 Å². The number of methoxy groups -OCH3 is 1. The van der Waals surface area contributed by atoms with Crippen LogP contribution in [-0.4, -0.2) is 144 Å². The van der Waals surface area contributed by atoms with Gasteiger partial charge in [-0.15, -0.1) is 0 Å². The fourth-order valence-corrected chi connectivity index (χ4v) is 9.34. The minimum atomic E-state index is -1.56. The van der Waals surface area contributed by atoms with Gasteiger partial charge in [-0.25, -0.2) is 0 Å². The summed E-state index contributed by atoms with van der Waals surface area (Å²) in [5.74, 6) is -1.89. The number of likely N-dealkylation sites (N-methyl/N-ethyl adjacent to an activating group) is 2. The molecular formula is C46H71N3O11. The third-order valence-corrected chi connectivity index (χ3v) is 12.8. The third kappa shape index (κ3) is 11.6. The summed E-state index contributed by atoms with van der Waals surface area (Å²) in [5.41, 5.74) is -0.703. The first kappa shape index (κ1) is 47.9. The normalized spacial score (nSPS) is 38.7. The van der Waals surface area contributed by atoms with Crippen LogP contribution in [0, 0.1) is 17.8 Å². The molecule has 0 radical (unpaired) electrons. The Morgan fingerprint density at radius 2 is 1.58 bits per heavy atom. The number of hydrogen-bond acceptors (Lipinski definition) is 12. The number of aliphatic hydroxyl groups is 3. The van der Waals surface area contributed by atoms with Crippen molar-refractivity contribution in [2.45, 2.75) is 153 Å². The van der Waals surface area contributed by atoms with Crippen molar-refractivity contribution in [1.82, 2.24) is 15.1 Å². The van der Waals surface area contributed by atoms with E-state index in [9.17, 15) is 24.9 Å². The molecule has 0 saturated carbocycles. The zero-order valence-electron chi connectivity index (χ0n) is 37.4. The minimum Gasteiger partial charge on any atom is -0.489 e. The molecule has 2 aromatic carbocycles. The fourth-order valence-electron chi connectivity index (χ4n) is 9.34. The van der Waals surface area contributed by atoms with E-state index in [2.05, 4.69) is 5.32 Å². The number of amides is 2. The number of carbonyl (C=O) groups excluding carboxylic acids is 2. The van der Waals surface area contributed by atoms with Crippen molar-refractivity contribution >= 4 is 11.8 Å². The van der Waals surface area contributed by atoms with Gasteiger partial charge in [0.1, 0.15) is 30.6 Å². The predicted molar refractivity (Wildman–Crippen MR) is 226 cm³/mol. The molecule has 5 rings (SSSR count). The first-order valence-electron chi connectivity index (χ1n) is 21.5. The zero-order chi connectivity index (χ0) is 44.1. The Kier molecular flexibility index (Phi) is 16.2. The molecule has 0 aromatic heterocycles. The maximum atomic E-state index is 14.6. The quantitative estimate of drug-likeness (QED) is 0.258. The maximum Gasteiger partial charge on any atom is 0.245 e. The maximum absolute atomic E-state index is 14.6. The number of rotatable bonds is 11. The molecule has 4 N–H and O–H groups in total. The molecule has 336 valence electrons. The predicted octanol–water partition coefficient (Wildman–Crippen LogP) is 3.91. The van der Waals surface area contributed by atoms with Crippen molar-refractivity contribution in [2.75, 3.05) is 34.8 Å². The second-order valence-corrected chi connectivity index (χ2v) is 18.4. The van der Waals surface area contributed by atoms with Crippen molar-refractivity contribution in [3.63, 3.8) is 0 Å². The van der Waals surface area contributed by atoms with Gasteiger partial charge in [0.2, 0.25) is 11.8 Å². The topological polar surface area (TPSA) is 169 Å². The van der Waals surface area contributed by atoms with E-state index >= 15 is 0 Å². The first-order chi connectivity index (χ1) is 28.2. The molecule has 0 spiro atoms. The van der Waals surface area contributed by atoms with E-state index in [0.717, 1.165) is 11.1 Å². The summed E-state index contributed by atoms with van der Waals surface area (Å²) >= 11 is 0. The van der Waals surface area contributed by atoms with Gasteiger partial charge < -0.3 is 58.9 Å². The molecule has 0 aliphatic carbocycles. The molecule has 2 amide bonds. The van der Waals surface area contributed by atoms with Crippen LogP contribution in [0.2, 0.25) is 0 Å². The second kappa shape index (κ2) is 20.3. The Hall–Kier alpha value is -3.18. The summed E-state index contributed by atoms with van der Waals surface area (Å²) < 4.78 is 37.8. The van der Waals surface area contributed by atoms with Gasteiger partial charge in [-0.2, -0.15) is 0 Å². The highest BCUT2D eigenvalue weighted by molar-refractivity contribution is 5.88. The largest absolute Gasteiger partial charge is 0.489 e. The minimum absolute atomic E-state index is 0.148. The zero-order valence-corrected chi connectivity index (χ0v) is 37.4. The summed E-state index contributed by atoms with van der Waals surface area (Å²) in [6.45, 7) is 13.4. The summed E-state index contributed by atoms with van der Waals surface area (Å²) in [6, 6.07) is 16.2. The Morgan fingerprint density at radius 3 is 2.22 bits per heavy atom. The summed E-state index contributed by atoms with van der Waals surface area (Å²) in [4.78, 5) is 32.5. The van der Waals surface area contributed by atoms with Gasteiger partial charge in [-0.05, 0) is 83.8 Å². The van der Waals surface area contributed by atoms with Crippen molar-refractivity contribution in [3.8, 4) is 5.75 Å². The number of nitrogens with zero attached hydrogens (tertiary/aromatic N) is 2. The van der Waals surface area contributed by atoms with Gasteiger partial charge >= 0.3 is 0 Å². The second-order valence-electron chi connectivity index (χ2n) is 18.4. The van der Waals surface area contributed by atoms with E-state index < -0.39 is 78.1 Å². The molecule has 3 saturated heterocycles. The Labute approximate surface area is 356 Å². The monoisotopic (exact) mass is 842 g/mol. The van der Waals surface area contributed by atoms with Crippen molar-refractivity contribution in [2.24, 2.45) is 17.8 Å². The number of benzene rings is 2. The summed E-state index contributed by atoms with van der Waals surface area (Å²) in [7, 11) is 7.01. The molecule has 3 heterocycles.